The molecule has 29 heavy (non-hydrogen) atoms. The van der Waals surface area contributed by atoms with Gasteiger partial charge in [0.05, 0.1) is 5.69 Å². The number of aryl methyl sites for hydroxylation is 2. The van der Waals surface area contributed by atoms with Crippen LogP contribution in [0.2, 0.25) is 0 Å². The van der Waals surface area contributed by atoms with Gasteiger partial charge in [-0.1, -0.05) is 19.1 Å². The Kier molecular flexibility index (Phi) is 8.79. The Morgan fingerprint density at radius 2 is 1.72 bits per heavy atom. The Balaban J connectivity index is 0.00000300. The van der Waals surface area contributed by atoms with Crippen molar-refractivity contribution < 1.29 is 0 Å². The third-order valence-corrected chi connectivity index (χ3v) is 5.86. The third kappa shape index (κ3) is 6.10. The molecule has 160 valence electrons. The summed E-state index contributed by atoms with van der Waals surface area (Å²) in [5.41, 5.74) is 6.06. The van der Waals surface area contributed by atoms with Crippen molar-refractivity contribution in [1.82, 2.24) is 20.4 Å². The maximum atomic E-state index is 4.47. The predicted molar refractivity (Wildman–Crippen MR) is 132 cm³/mol. The summed E-state index contributed by atoms with van der Waals surface area (Å²) in [5, 5.41) is 11.3. The van der Waals surface area contributed by atoms with Gasteiger partial charge in [-0.3, -0.25) is 9.67 Å². The molecule has 0 amide bonds. The maximum absolute atomic E-state index is 4.47. The molecule has 0 bridgehead atoms. The van der Waals surface area contributed by atoms with Crippen LogP contribution in [0.5, 0.6) is 0 Å². The highest BCUT2D eigenvalue weighted by atomic mass is 127. The van der Waals surface area contributed by atoms with Gasteiger partial charge in [-0.2, -0.15) is 5.10 Å². The predicted octanol–water partition coefficient (Wildman–Crippen LogP) is 3.76. The van der Waals surface area contributed by atoms with Crippen molar-refractivity contribution in [2.75, 3.05) is 25.0 Å². The fraction of sp³-hybridized carbons (Fsp3) is 0.545. The van der Waals surface area contributed by atoms with Gasteiger partial charge in [0.2, 0.25) is 0 Å². The smallest absolute Gasteiger partial charge is 0.191 e. The summed E-state index contributed by atoms with van der Waals surface area (Å²) in [5.74, 6) is 1.66. The lowest BCUT2D eigenvalue weighted by Gasteiger charge is -2.32. The average Bonchev–Trinajstić information content (AvgIpc) is 2.95. The number of guanidine groups is 1. The summed E-state index contributed by atoms with van der Waals surface area (Å²) < 4.78 is 1.92. The summed E-state index contributed by atoms with van der Waals surface area (Å²) in [4.78, 5) is 6.84. The number of piperidine rings is 1. The van der Waals surface area contributed by atoms with Crippen LogP contribution in [0.3, 0.4) is 0 Å². The number of nitrogens with zero attached hydrogens (tertiary/aromatic N) is 4. The van der Waals surface area contributed by atoms with E-state index < -0.39 is 0 Å². The molecule has 0 spiro atoms. The largest absolute Gasteiger partial charge is 0.372 e. The van der Waals surface area contributed by atoms with Gasteiger partial charge in [-0.05, 0) is 50.3 Å². The number of nitrogens with one attached hydrogen (secondary N) is 2. The van der Waals surface area contributed by atoms with E-state index >= 15 is 0 Å². The van der Waals surface area contributed by atoms with E-state index in [1.807, 2.05) is 18.7 Å². The zero-order chi connectivity index (χ0) is 20.1. The second-order valence-corrected chi connectivity index (χ2v) is 7.89. The Morgan fingerprint density at radius 1 is 1.10 bits per heavy atom. The van der Waals surface area contributed by atoms with Crippen molar-refractivity contribution >= 4 is 35.6 Å². The number of rotatable bonds is 5. The van der Waals surface area contributed by atoms with E-state index in [-0.39, 0.29) is 24.0 Å². The molecule has 0 radical (unpaired) electrons. The minimum atomic E-state index is 0. The Bertz CT molecular complexity index is 803. The molecule has 1 aromatic carbocycles. The molecule has 0 unspecified atom stereocenters. The second kappa shape index (κ2) is 10.8. The van der Waals surface area contributed by atoms with Crippen LogP contribution in [0.1, 0.15) is 42.3 Å². The molecule has 0 atom stereocenters. The molecule has 1 fully saturated rings. The Morgan fingerprint density at radius 3 is 2.28 bits per heavy atom. The lowest BCUT2D eigenvalue weighted by atomic mass is 9.99. The third-order valence-electron chi connectivity index (χ3n) is 5.86. The summed E-state index contributed by atoms with van der Waals surface area (Å²) in [6.45, 7) is 10.3. The van der Waals surface area contributed by atoms with Crippen molar-refractivity contribution in [3.63, 3.8) is 0 Å². The molecule has 1 saturated heterocycles. The van der Waals surface area contributed by atoms with Crippen LogP contribution >= 0.6 is 24.0 Å². The van der Waals surface area contributed by atoms with Gasteiger partial charge in [0, 0.05) is 57.2 Å². The molecule has 2 heterocycles. The number of halogens is 1. The van der Waals surface area contributed by atoms with E-state index in [4.69, 9.17) is 0 Å². The van der Waals surface area contributed by atoms with Gasteiger partial charge in [0.15, 0.2) is 5.96 Å². The van der Waals surface area contributed by atoms with Gasteiger partial charge in [0.1, 0.15) is 0 Å². The number of anilines is 1. The van der Waals surface area contributed by atoms with E-state index in [2.05, 4.69) is 63.7 Å². The van der Waals surface area contributed by atoms with Crippen molar-refractivity contribution in [3.8, 4) is 0 Å². The monoisotopic (exact) mass is 510 g/mol. The molecule has 0 saturated carbocycles. The molecule has 6 nitrogen and oxygen atoms in total. The second-order valence-electron chi connectivity index (χ2n) is 7.89. The topological polar surface area (TPSA) is 57.5 Å². The van der Waals surface area contributed by atoms with Crippen LogP contribution in [-0.2, 0) is 20.1 Å². The van der Waals surface area contributed by atoms with Gasteiger partial charge >= 0.3 is 0 Å². The molecule has 2 aromatic rings. The molecule has 7 heteroatoms. The highest BCUT2D eigenvalue weighted by molar-refractivity contribution is 14.0. The first kappa shape index (κ1) is 23.5. The first-order valence-corrected chi connectivity index (χ1v) is 10.3. The van der Waals surface area contributed by atoms with Gasteiger partial charge < -0.3 is 15.5 Å². The first-order chi connectivity index (χ1) is 13.5. The van der Waals surface area contributed by atoms with E-state index in [1.165, 1.54) is 48.4 Å². The summed E-state index contributed by atoms with van der Waals surface area (Å²) in [6, 6.07) is 8.91. The number of aromatic nitrogens is 2. The van der Waals surface area contributed by atoms with Crippen molar-refractivity contribution in [3.05, 3.63) is 46.8 Å². The van der Waals surface area contributed by atoms with Gasteiger partial charge in [0.25, 0.3) is 0 Å². The Labute approximate surface area is 192 Å². The fourth-order valence-corrected chi connectivity index (χ4v) is 3.74. The summed E-state index contributed by atoms with van der Waals surface area (Å²) in [7, 11) is 3.78. The highest BCUT2D eigenvalue weighted by Crippen LogP contribution is 2.23. The van der Waals surface area contributed by atoms with Gasteiger partial charge in [-0.25, -0.2) is 0 Å². The van der Waals surface area contributed by atoms with Crippen LogP contribution in [0.4, 0.5) is 5.69 Å². The zero-order valence-corrected chi connectivity index (χ0v) is 20.7. The zero-order valence-electron chi connectivity index (χ0n) is 18.3. The highest BCUT2D eigenvalue weighted by Gasteiger charge is 2.15. The molecule has 3 rings (SSSR count). The standard InChI is InChI=1S/C22H34N6.HI/c1-16-10-12-28(13-11-16)20-8-6-19(7-9-20)14-24-22(23-4)25-15-21-17(2)26-27(5)18(21)3;/h6-9,16H,10-15H2,1-5H3,(H2,23,24,25);1H. The lowest BCUT2D eigenvalue weighted by molar-refractivity contribution is 0.438. The van der Waals surface area contributed by atoms with E-state index in [0.29, 0.717) is 0 Å². The first-order valence-electron chi connectivity index (χ1n) is 10.3. The number of benzene rings is 1. The number of hydrogen-bond acceptors (Lipinski definition) is 3. The van der Waals surface area contributed by atoms with Crippen LogP contribution in [0.15, 0.2) is 29.3 Å². The SMILES string of the molecule is CN=C(NCc1ccc(N2CCC(C)CC2)cc1)NCc1c(C)nn(C)c1C.I. The van der Waals surface area contributed by atoms with Crippen molar-refractivity contribution in [1.29, 1.82) is 0 Å². The van der Waals surface area contributed by atoms with Gasteiger partial charge in [-0.15, -0.1) is 24.0 Å². The maximum Gasteiger partial charge on any atom is 0.191 e. The molecule has 0 aliphatic carbocycles. The quantitative estimate of drug-likeness (QED) is 0.366. The van der Waals surface area contributed by atoms with E-state index in [0.717, 1.165) is 30.7 Å². The lowest BCUT2D eigenvalue weighted by Crippen LogP contribution is -2.36. The average molecular weight is 510 g/mol. The minimum absolute atomic E-state index is 0. The minimum Gasteiger partial charge on any atom is -0.372 e. The van der Waals surface area contributed by atoms with Crippen LogP contribution in [0.25, 0.3) is 0 Å². The molecule has 1 aromatic heterocycles. The fourth-order valence-electron chi connectivity index (χ4n) is 3.74. The molecule has 2 N–H and O–H groups in total. The van der Waals surface area contributed by atoms with Crippen LogP contribution in [0, 0.1) is 19.8 Å². The molecular formula is C22H35IN6. The van der Waals surface area contributed by atoms with Crippen LogP contribution < -0.4 is 15.5 Å². The number of hydrogen-bond donors (Lipinski definition) is 2. The summed E-state index contributed by atoms with van der Waals surface area (Å²) >= 11 is 0. The summed E-state index contributed by atoms with van der Waals surface area (Å²) in [6.07, 6.45) is 2.59. The van der Waals surface area contributed by atoms with Crippen molar-refractivity contribution in [2.45, 2.75) is 46.7 Å². The Hall–Kier alpha value is -1.77. The van der Waals surface area contributed by atoms with Crippen molar-refractivity contribution in [2.24, 2.45) is 18.0 Å². The van der Waals surface area contributed by atoms with E-state index in [1.54, 1.807) is 7.05 Å². The molecule has 1 aliphatic rings. The van der Waals surface area contributed by atoms with Crippen LogP contribution in [-0.4, -0.2) is 35.9 Å². The van der Waals surface area contributed by atoms with E-state index in [9.17, 15) is 0 Å². The normalized spacial score (nSPS) is 15.2. The molecule has 1 aliphatic heterocycles. The molecular weight excluding hydrogens is 475 g/mol. The number of aliphatic imine (C=N–C) groups is 1.